The predicted molar refractivity (Wildman–Crippen MR) is 74.6 cm³/mol. The molecule has 0 aliphatic heterocycles. The molecule has 0 spiro atoms. The van der Waals surface area contributed by atoms with Crippen LogP contribution in [0.3, 0.4) is 0 Å². The van der Waals surface area contributed by atoms with Crippen LogP contribution in [0.2, 0.25) is 0 Å². The minimum absolute atomic E-state index is 0.0656. The standard InChI is InChI=1S/C16H25FO/c1-11(2)12(3)10-18-15-8-13(16(4,5)6)7-14(17)9-15/h7-9,11-12H,10H2,1-6H3. The van der Waals surface area contributed by atoms with E-state index in [2.05, 4.69) is 41.5 Å². The summed E-state index contributed by atoms with van der Waals surface area (Å²) in [4.78, 5) is 0. The Labute approximate surface area is 110 Å². The van der Waals surface area contributed by atoms with Gasteiger partial charge < -0.3 is 4.74 Å². The van der Waals surface area contributed by atoms with Crippen molar-refractivity contribution in [3.05, 3.63) is 29.6 Å². The first kappa shape index (κ1) is 15.0. The van der Waals surface area contributed by atoms with Gasteiger partial charge in [-0.1, -0.05) is 41.5 Å². The largest absolute Gasteiger partial charge is 0.493 e. The molecule has 0 aliphatic rings. The summed E-state index contributed by atoms with van der Waals surface area (Å²) in [5.41, 5.74) is 0.902. The molecule has 1 aromatic carbocycles. The molecule has 1 nitrogen and oxygen atoms in total. The zero-order chi connectivity index (χ0) is 13.9. The van der Waals surface area contributed by atoms with Crippen LogP contribution >= 0.6 is 0 Å². The summed E-state index contributed by atoms with van der Waals surface area (Å²) < 4.78 is 19.3. The van der Waals surface area contributed by atoms with Crippen LogP contribution in [-0.2, 0) is 5.41 Å². The molecule has 102 valence electrons. The Morgan fingerprint density at radius 2 is 1.72 bits per heavy atom. The van der Waals surface area contributed by atoms with Gasteiger partial charge in [0.05, 0.1) is 6.61 Å². The van der Waals surface area contributed by atoms with Crippen LogP contribution in [0.5, 0.6) is 5.75 Å². The highest BCUT2D eigenvalue weighted by atomic mass is 19.1. The molecule has 0 heterocycles. The summed E-state index contributed by atoms with van der Waals surface area (Å²) in [6.45, 7) is 13.3. The second-order valence-electron chi connectivity index (χ2n) is 6.46. The highest BCUT2D eigenvalue weighted by molar-refractivity contribution is 5.33. The molecule has 0 aromatic heterocycles. The quantitative estimate of drug-likeness (QED) is 0.748. The van der Waals surface area contributed by atoms with Crippen molar-refractivity contribution in [2.24, 2.45) is 11.8 Å². The molecule has 1 aromatic rings. The topological polar surface area (TPSA) is 9.23 Å². The van der Waals surface area contributed by atoms with Crippen molar-refractivity contribution in [3.63, 3.8) is 0 Å². The molecule has 0 bridgehead atoms. The van der Waals surface area contributed by atoms with E-state index < -0.39 is 0 Å². The van der Waals surface area contributed by atoms with Gasteiger partial charge in [0.1, 0.15) is 11.6 Å². The third kappa shape index (κ3) is 4.32. The maximum absolute atomic E-state index is 13.6. The lowest BCUT2D eigenvalue weighted by atomic mass is 9.87. The lowest BCUT2D eigenvalue weighted by molar-refractivity contribution is 0.222. The molecule has 0 saturated heterocycles. The maximum atomic E-state index is 13.6. The third-order valence-electron chi connectivity index (χ3n) is 3.39. The van der Waals surface area contributed by atoms with Gasteiger partial charge in [0, 0.05) is 6.07 Å². The highest BCUT2D eigenvalue weighted by Gasteiger charge is 2.16. The van der Waals surface area contributed by atoms with Crippen LogP contribution in [0.25, 0.3) is 0 Å². The SMILES string of the molecule is CC(C)C(C)COc1cc(F)cc(C(C)(C)C)c1. The highest BCUT2D eigenvalue weighted by Crippen LogP contribution is 2.27. The van der Waals surface area contributed by atoms with Gasteiger partial charge in [0.15, 0.2) is 0 Å². The average molecular weight is 252 g/mol. The molecule has 1 unspecified atom stereocenters. The summed E-state index contributed by atoms with van der Waals surface area (Å²) in [6.07, 6.45) is 0. The number of benzene rings is 1. The predicted octanol–water partition coefficient (Wildman–Crippen LogP) is 4.79. The van der Waals surface area contributed by atoms with Crippen molar-refractivity contribution in [1.29, 1.82) is 0 Å². The Morgan fingerprint density at radius 1 is 1.11 bits per heavy atom. The summed E-state index contributed by atoms with van der Waals surface area (Å²) in [7, 11) is 0. The summed E-state index contributed by atoms with van der Waals surface area (Å²) in [6, 6.07) is 4.98. The first-order valence-corrected chi connectivity index (χ1v) is 6.64. The molecule has 0 radical (unpaired) electrons. The van der Waals surface area contributed by atoms with Crippen LogP contribution in [0.1, 0.15) is 47.1 Å². The fourth-order valence-corrected chi connectivity index (χ4v) is 1.50. The second-order valence-corrected chi connectivity index (χ2v) is 6.46. The first-order valence-electron chi connectivity index (χ1n) is 6.64. The van der Waals surface area contributed by atoms with Gasteiger partial charge in [-0.3, -0.25) is 0 Å². The number of hydrogen-bond acceptors (Lipinski definition) is 1. The molecular weight excluding hydrogens is 227 g/mol. The van der Waals surface area contributed by atoms with Crippen molar-refractivity contribution in [1.82, 2.24) is 0 Å². The van der Waals surface area contributed by atoms with Gasteiger partial charge in [-0.05, 0) is 34.9 Å². The van der Waals surface area contributed by atoms with Gasteiger partial charge in [-0.15, -0.1) is 0 Å². The fraction of sp³-hybridized carbons (Fsp3) is 0.625. The van der Waals surface area contributed by atoms with E-state index in [0.717, 1.165) is 5.56 Å². The number of hydrogen-bond donors (Lipinski definition) is 0. The average Bonchev–Trinajstić information content (AvgIpc) is 2.23. The lowest BCUT2D eigenvalue weighted by Crippen LogP contribution is -2.15. The van der Waals surface area contributed by atoms with E-state index in [9.17, 15) is 4.39 Å². The van der Waals surface area contributed by atoms with Crippen molar-refractivity contribution in [3.8, 4) is 5.75 Å². The van der Waals surface area contributed by atoms with Crippen molar-refractivity contribution in [2.45, 2.75) is 47.0 Å². The maximum Gasteiger partial charge on any atom is 0.127 e. The van der Waals surface area contributed by atoms with Gasteiger partial charge in [0.2, 0.25) is 0 Å². The summed E-state index contributed by atoms with van der Waals surface area (Å²) in [5.74, 6) is 1.44. The molecule has 0 aliphatic carbocycles. The molecule has 0 fully saturated rings. The molecule has 0 amide bonds. The molecule has 2 heteroatoms. The Bertz CT molecular complexity index is 391. The van der Waals surface area contributed by atoms with Crippen LogP contribution in [0.15, 0.2) is 18.2 Å². The van der Waals surface area contributed by atoms with Gasteiger partial charge in [-0.25, -0.2) is 4.39 Å². The molecule has 0 N–H and O–H groups in total. The summed E-state index contributed by atoms with van der Waals surface area (Å²) in [5, 5.41) is 0. The molecular formula is C16H25FO. The van der Waals surface area contributed by atoms with Gasteiger partial charge in [-0.2, -0.15) is 0 Å². The monoisotopic (exact) mass is 252 g/mol. The van der Waals surface area contributed by atoms with Crippen molar-refractivity contribution in [2.75, 3.05) is 6.61 Å². The molecule has 0 saturated carbocycles. The minimum atomic E-state index is -0.227. The van der Waals surface area contributed by atoms with E-state index in [4.69, 9.17) is 4.74 Å². The van der Waals surface area contributed by atoms with E-state index in [0.29, 0.717) is 24.2 Å². The van der Waals surface area contributed by atoms with Crippen LogP contribution in [-0.4, -0.2) is 6.61 Å². The Hall–Kier alpha value is -1.05. The van der Waals surface area contributed by atoms with Crippen LogP contribution in [0.4, 0.5) is 4.39 Å². The van der Waals surface area contributed by atoms with Crippen LogP contribution in [0, 0.1) is 17.7 Å². The smallest absolute Gasteiger partial charge is 0.127 e. The van der Waals surface area contributed by atoms with E-state index in [-0.39, 0.29) is 11.2 Å². The number of rotatable bonds is 4. The number of halogens is 1. The van der Waals surface area contributed by atoms with E-state index in [1.807, 2.05) is 6.07 Å². The van der Waals surface area contributed by atoms with E-state index >= 15 is 0 Å². The summed E-state index contributed by atoms with van der Waals surface area (Å²) >= 11 is 0. The lowest BCUT2D eigenvalue weighted by Gasteiger charge is -2.21. The zero-order valence-corrected chi connectivity index (χ0v) is 12.4. The van der Waals surface area contributed by atoms with Crippen molar-refractivity contribution < 1.29 is 9.13 Å². The molecule has 18 heavy (non-hydrogen) atoms. The molecule has 1 atom stereocenters. The Morgan fingerprint density at radius 3 is 2.22 bits per heavy atom. The Balaban J connectivity index is 2.81. The number of ether oxygens (including phenoxy) is 1. The first-order chi connectivity index (χ1) is 8.20. The fourth-order valence-electron chi connectivity index (χ4n) is 1.50. The zero-order valence-electron chi connectivity index (χ0n) is 12.4. The van der Waals surface area contributed by atoms with Gasteiger partial charge >= 0.3 is 0 Å². The van der Waals surface area contributed by atoms with E-state index in [1.54, 1.807) is 6.07 Å². The van der Waals surface area contributed by atoms with Gasteiger partial charge in [0.25, 0.3) is 0 Å². The van der Waals surface area contributed by atoms with E-state index in [1.165, 1.54) is 6.07 Å². The third-order valence-corrected chi connectivity index (χ3v) is 3.39. The van der Waals surface area contributed by atoms with Crippen molar-refractivity contribution >= 4 is 0 Å². The normalized spacial score (nSPS) is 13.8. The minimum Gasteiger partial charge on any atom is -0.493 e. The second kappa shape index (κ2) is 5.73. The Kier molecular flexibility index (Phi) is 4.78. The molecule has 1 rings (SSSR count). The van der Waals surface area contributed by atoms with Crippen LogP contribution < -0.4 is 4.74 Å².